The molecule has 5 nitrogen and oxygen atoms in total. The standard InChI is InChI=1S/C18H22N2O3S/c1-4-20(5-2)16-10-9-14(18(21)12-16)13-19-15-7-6-8-17(11-15)24(3,22)23/h6-13,21H,4-5H2,1-3H3. The molecule has 0 heterocycles. The number of aromatic hydroxyl groups is 1. The van der Waals surface area contributed by atoms with E-state index >= 15 is 0 Å². The highest BCUT2D eigenvalue weighted by Gasteiger charge is 2.08. The first-order valence-electron chi connectivity index (χ1n) is 7.77. The van der Waals surface area contributed by atoms with Gasteiger partial charge in [0, 0.05) is 42.9 Å². The van der Waals surface area contributed by atoms with Crippen molar-refractivity contribution in [3.8, 4) is 5.75 Å². The Bertz CT molecular complexity index is 841. The largest absolute Gasteiger partial charge is 0.507 e. The SMILES string of the molecule is CCN(CC)c1ccc(C=Nc2cccc(S(C)(=O)=O)c2)c(O)c1. The molecule has 0 fully saturated rings. The molecule has 0 atom stereocenters. The maximum Gasteiger partial charge on any atom is 0.175 e. The van der Waals surface area contributed by atoms with Crippen molar-refractivity contribution in [1.82, 2.24) is 0 Å². The van der Waals surface area contributed by atoms with Crippen molar-refractivity contribution in [2.24, 2.45) is 4.99 Å². The topological polar surface area (TPSA) is 70.0 Å². The lowest BCUT2D eigenvalue weighted by molar-refractivity contribution is 0.474. The molecular formula is C18H22N2O3S. The lowest BCUT2D eigenvalue weighted by atomic mass is 10.2. The van der Waals surface area contributed by atoms with Crippen molar-refractivity contribution < 1.29 is 13.5 Å². The van der Waals surface area contributed by atoms with Crippen LogP contribution in [0.2, 0.25) is 0 Å². The molecule has 0 radical (unpaired) electrons. The van der Waals surface area contributed by atoms with Crippen LogP contribution in [-0.2, 0) is 9.84 Å². The molecule has 128 valence electrons. The summed E-state index contributed by atoms with van der Waals surface area (Å²) in [6.45, 7) is 5.85. The van der Waals surface area contributed by atoms with E-state index in [0.717, 1.165) is 25.0 Å². The molecule has 0 amide bonds. The number of nitrogens with zero attached hydrogens (tertiary/aromatic N) is 2. The van der Waals surface area contributed by atoms with Gasteiger partial charge in [0.15, 0.2) is 9.84 Å². The van der Waals surface area contributed by atoms with Gasteiger partial charge in [-0.25, -0.2) is 8.42 Å². The molecule has 0 aromatic heterocycles. The van der Waals surface area contributed by atoms with Gasteiger partial charge in [-0.3, -0.25) is 4.99 Å². The second kappa shape index (κ2) is 7.49. The molecule has 0 aliphatic rings. The monoisotopic (exact) mass is 346 g/mol. The van der Waals surface area contributed by atoms with E-state index in [1.165, 1.54) is 18.3 Å². The summed E-state index contributed by atoms with van der Waals surface area (Å²) in [5.74, 6) is 0.141. The summed E-state index contributed by atoms with van der Waals surface area (Å²) < 4.78 is 23.2. The van der Waals surface area contributed by atoms with Crippen molar-refractivity contribution >= 4 is 27.4 Å². The lowest BCUT2D eigenvalue weighted by Gasteiger charge is -2.21. The summed E-state index contributed by atoms with van der Waals surface area (Å²) in [5, 5.41) is 10.2. The van der Waals surface area contributed by atoms with E-state index in [-0.39, 0.29) is 10.6 Å². The Morgan fingerprint density at radius 3 is 2.42 bits per heavy atom. The Labute approximate surface area is 143 Å². The van der Waals surface area contributed by atoms with E-state index in [4.69, 9.17) is 0 Å². The number of sulfone groups is 1. The van der Waals surface area contributed by atoms with Gasteiger partial charge >= 0.3 is 0 Å². The van der Waals surface area contributed by atoms with Crippen molar-refractivity contribution in [2.75, 3.05) is 24.2 Å². The number of hydrogen-bond acceptors (Lipinski definition) is 5. The van der Waals surface area contributed by atoms with Gasteiger partial charge in [-0.15, -0.1) is 0 Å². The van der Waals surface area contributed by atoms with Crippen LogP contribution < -0.4 is 4.90 Å². The molecule has 0 bridgehead atoms. The van der Waals surface area contributed by atoms with E-state index in [1.54, 1.807) is 24.3 Å². The smallest absolute Gasteiger partial charge is 0.175 e. The molecule has 2 aromatic carbocycles. The molecule has 0 spiro atoms. The molecule has 0 unspecified atom stereocenters. The summed E-state index contributed by atoms with van der Waals surface area (Å²) >= 11 is 0. The third kappa shape index (κ3) is 4.35. The molecular weight excluding hydrogens is 324 g/mol. The van der Waals surface area contributed by atoms with Gasteiger partial charge in [0.1, 0.15) is 5.75 Å². The molecule has 6 heteroatoms. The summed E-state index contributed by atoms with van der Waals surface area (Å²) in [7, 11) is -3.27. The highest BCUT2D eigenvalue weighted by atomic mass is 32.2. The van der Waals surface area contributed by atoms with E-state index in [1.807, 2.05) is 6.07 Å². The number of phenolic OH excluding ortho intramolecular Hbond substituents is 1. The number of phenols is 1. The maximum atomic E-state index is 11.6. The van der Waals surface area contributed by atoms with Crippen LogP contribution in [0.1, 0.15) is 19.4 Å². The van der Waals surface area contributed by atoms with Crippen molar-refractivity contribution in [1.29, 1.82) is 0 Å². The van der Waals surface area contributed by atoms with E-state index in [0.29, 0.717) is 11.3 Å². The minimum absolute atomic E-state index is 0.141. The Morgan fingerprint density at radius 2 is 1.83 bits per heavy atom. The normalized spacial score (nSPS) is 11.8. The molecule has 24 heavy (non-hydrogen) atoms. The van der Waals surface area contributed by atoms with Gasteiger partial charge in [0.2, 0.25) is 0 Å². The fraction of sp³-hybridized carbons (Fsp3) is 0.278. The first-order valence-corrected chi connectivity index (χ1v) is 9.66. The minimum atomic E-state index is -3.27. The van der Waals surface area contributed by atoms with Gasteiger partial charge in [-0.2, -0.15) is 0 Å². The zero-order chi connectivity index (χ0) is 17.7. The van der Waals surface area contributed by atoms with Gasteiger partial charge < -0.3 is 10.0 Å². The Kier molecular flexibility index (Phi) is 5.62. The highest BCUT2D eigenvalue weighted by Crippen LogP contribution is 2.24. The average molecular weight is 346 g/mol. The molecule has 0 aliphatic carbocycles. The third-order valence-corrected chi connectivity index (χ3v) is 4.85. The molecule has 0 aliphatic heterocycles. The number of hydrogen-bond donors (Lipinski definition) is 1. The van der Waals surface area contributed by atoms with Crippen LogP contribution in [0, 0.1) is 0 Å². The van der Waals surface area contributed by atoms with Crippen LogP contribution in [0.4, 0.5) is 11.4 Å². The lowest BCUT2D eigenvalue weighted by Crippen LogP contribution is -2.21. The Balaban J connectivity index is 2.27. The fourth-order valence-electron chi connectivity index (χ4n) is 2.37. The fourth-order valence-corrected chi connectivity index (χ4v) is 3.03. The molecule has 0 saturated heterocycles. The number of rotatable bonds is 6. The van der Waals surface area contributed by atoms with E-state index < -0.39 is 9.84 Å². The zero-order valence-corrected chi connectivity index (χ0v) is 14.9. The van der Waals surface area contributed by atoms with Crippen LogP contribution in [-0.4, -0.2) is 39.1 Å². The predicted molar refractivity (Wildman–Crippen MR) is 98.5 cm³/mol. The molecule has 0 saturated carbocycles. The second-order valence-electron chi connectivity index (χ2n) is 5.44. The Hall–Kier alpha value is -2.34. The van der Waals surface area contributed by atoms with Crippen molar-refractivity contribution in [2.45, 2.75) is 18.7 Å². The number of benzene rings is 2. The van der Waals surface area contributed by atoms with Crippen LogP contribution >= 0.6 is 0 Å². The predicted octanol–water partition coefficient (Wildman–Crippen LogP) is 3.39. The van der Waals surface area contributed by atoms with Crippen molar-refractivity contribution in [3.63, 3.8) is 0 Å². The summed E-state index contributed by atoms with van der Waals surface area (Å²) in [6.07, 6.45) is 2.69. The van der Waals surface area contributed by atoms with Gasteiger partial charge in [0.25, 0.3) is 0 Å². The van der Waals surface area contributed by atoms with E-state index in [2.05, 4.69) is 23.7 Å². The van der Waals surface area contributed by atoms with Crippen LogP contribution in [0.15, 0.2) is 52.4 Å². The third-order valence-electron chi connectivity index (χ3n) is 3.74. The van der Waals surface area contributed by atoms with Crippen LogP contribution in [0.3, 0.4) is 0 Å². The van der Waals surface area contributed by atoms with Crippen LogP contribution in [0.5, 0.6) is 5.75 Å². The zero-order valence-electron chi connectivity index (χ0n) is 14.1. The van der Waals surface area contributed by atoms with Gasteiger partial charge in [-0.05, 0) is 44.2 Å². The maximum absolute atomic E-state index is 11.6. The summed E-state index contributed by atoms with van der Waals surface area (Å²) in [5.41, 5.74) is 2.05. The first-order chi connectivity index (χ1) is 11.3. The van der Waals surface area contributed by atoms with Gasteiger partial charge in [0.05, 0.1) is 10.6 Å². The van der Waals surface area contributed by atoms with Gasteiger partial charge in [-0.1, -0.05) is 6.07 Å². The number of anilines is 1. The average Bonchev–Trinajstić information content (AvgIpc) is 2.55. The first kappa shape index (κ1) is 18.0. The molecule has 1 N–H and O–H groups in total. The quantitative estimate of drug-likeness (QED) is 0.814. The summed E-state index contributed by atoms with van der Waals surface area (Å²) in [6, 6.07) is 11.8. The Morgan fingerprint density at radius 1 is 1.12 bits per heavy atom. The molecule has 2 aromatic rings. The second-order valence-corrected chi connectivity index (χ2v) is 7.46. The van der Waals surface area contributed by atoms with Crippen molar-refractivity contribution in [3.05, 3.63) is 48.0 Å². The highest BCUT2D eigenvalue weighted by molar-refractivity contribution is 7.90. The summed E-state index contributed by atoms with van der Waals surface area (Å²) in [4.78, 5) is 6.62. The number of aliphatic imine (C=N–C) groups is 1. The molecule has 2 rings (SSSR count). The van der Waals surface area contributed by atoms with E-state index in [9.17, 15) is 13.5 Å². The minimum Gasteiger partial charge on any atom is -0.507 e. The van der Waals surface area contributed by atoms with Crippen LogP contribution in [0.25, 0.3) is 0 Å².